The quantitative estimate of drug-likeness (QED) is 0.797. The summed E-state index contributed by atoms with van der Waals surface area (Å²) in [6, 6.07) is 3.38. The highest BCUT2D eigenvalue weighted by Gasteiger charge is 2.15. The number of likely N-dealkylation sites (tertiary alicyclic amines) is 1. The highest BCUT2D eigenvalue weighted by atomic mass is 35.5. The van der Waals surface area contributed by atoms with Crippen molar-refractivity contribution in [1.82, 2.24) is 20.0 Å². The number of rotatable bonds is 6. The van der Waals surface area contributed by atoms with Crippen molar-refractivity contribution in [3.63, 3.8) is 0 Å². The lowest BCUT2D eigenvalue weighted by Gasteiger charge is -2.28. The summed E-state index contributed by atoms with van der Waals surface area (Å²) in [5.74, 6) is 0.201. The van der Waals surface area contributed by atoms with E-state index in [2.05, 4.69) is 24.5 Å². The van der Waals surface area contributed by atoms with Gasteiger partial charge in [-0.25, -0.2) is 9.78 Å². The Bertz CT molecular complexity index is 667. The molecule has 3 heterocycles. The highest BCUT2D eigenvalue weighted by Crippen LogP contribution is 2.15. The zero-order valence-corrected chi connectivity index (χ0v) is 14.0. The second-order valence-electron chi connectivity index (χ2n) is 5.65. The van der Waals surface area contributed by atoms with Crippen molar-refractivity contribution in [2.75, 3.05) is 26.2 Å². The van der Waals surface area contributed by atoms with Crippen LogP contribution < -0.4 is 10.5 Å². The van der Waals surface area contributed by atoms with Gasteiger partial charge >= 0.3 is 5.76 Å². The van der Waals surface area contributed by atoms with E-state index in [-0.39, 0.29) is 24.8 Å². The first kappa shape index (κ1) is 18.4. The average Bonchev–Trinajstić information content (AvgIpc) is 3.01. The number of hydrogen-bond acceptors (Lipinski definition) is 7. The van der Waals surface area contributed by atoms with Crippen molar-refractivity contribution in [3.8, 4) is 17.3 Å². The van der Waals surface area contributed by atoms with Crippen molar-refractivity contribution in [3.05, 3.63) is 28.9 Å². The lowest BCUT2D eigenvalue weighted by atomic mass is 10.1. The number of aromatic amines is 1. The molecule has 2 aromatic heterocycles. The number of H-pyrrole nitrogens is 1. The number of pyridine rings is 1. The summed E-state index contributed by atoms with van der Waals surface area (Å²) in [6.45, 7) is 2.94. The van der Waals surface area contributed by atoms with Crippen molar-refractivity contribution in [2.24, 2.45) is 0 Å². The Morgan fingerprint density at radius 2 is 2.12 bits per heavy atom. The summed E-state index contributed by atoms with van der Waals surface area (Å²) < 4.78 is 9.98. The van der Waals surface area contributed by atoms with Crippen molar-refractivity contribution in [1.29, 1.82) is 0 Å². The Hall–Kier alpha value is -1.90. The van der Waals surface area contributed by atoms with E-state index < -0.39 is 11.9 Å². The zero-order chi connectivity index (χ0) is 16.1. The van der Waals surface area contributed by atoms with Gasteiger partial charge in [0.05, 0.1) is 6.20 Å². The Morgan fingerprint density at radius 1 is 1.33 bits per heavy atom. The summed E-state index contributed by atoms with van der Waals surface area (Å²) in [5, 5.41) is 13.6. The summed E-state index contributed by atoms with van der Waals surface area (Å²) >= 11 is 0. The van der Waals surface area contributed by atoms with Crippen molar-refractivity contribution >= 4 is 12.4 Å². The van der Waals surface area contributed by atoms with E-state index in [1.54, 1.807) is 12.1 Å². The summed E-state index contributed by atoms with van der Waals surface area (Å²) in [5.41, 5.74) is 0.483. The molecule has 1 fully saturated rings. The number of halogens is 1. The van der Waals surface area contributed by atoms with E-state index in [9.17, 15) is 9.90 Å². The van der Waals surface area contributed by atoms with Gasteiger partial charge in [-0.3, -0.25) is 9.51 Å². The van der Waals surface area contributed by atoms with Gasteiger partial charge in [0, 0.05) is 6.54 Å². The molecule has 1 aliphatic rings. The van der Waals surface area contributed by atoms with E-state index >= 15 is 0 Å². The molecular weight excluding hydrogens is 336 g/mol. The van der Waals surface area contributed by atoms with Crippen LogP contribution in [0.4, 0.5) is 0 Å². The van der Waals surface area contributed by atoms with Gasteiger partial charge in [0.15, 0.2) is 0 Å². The van der Waals surface area contributed by atoms with Gasteiger partial charge in [0.2, 0.25) is 5.82 Å². The van der Waals surface area contributed by atoms with E-state index in [1.165, 1.54) is 25.5 Å². The SMILES string of the molecule is Cl.O=c1[nH]c(-c2ccc(OCC(O)CN3CCCCC3)cn2)no1. The molecule has 1 unspecified atom stereocenters. The number of aliphatic hydroxyl groups is 1. The van der Waals surface area contributed by atoms with Gasteiger partial charge in [-0.2, -0.15) is 0 Å². The molecule has 0 amide bonds. The lowest BCUT2D eigenvalue weighted by molar-refractivity contribution is 0.0616. The van der Waals surface area contributed by atoms with Gasteiger partial charge in [0.1, 0.15) is 24.2 Å². The van der Waals surface area contributed by atoms with Crippen LogP contribution in [-0.2, 0) is 0 Å². The molecule has 0 radical (unpaired) electrons. The normalized spacial score (nSPS) is 16.4. The maximum absolute atomic E-state index is 10.9. The van der Waals surface area contributed by atoms with Gasteiger partial charge in [-0.15, -0.1) is 12.4 Å². The number of piperidine rings is 1. The molecule has 9 heteroatoms. The molecule has 3 rings (SSSR count). The monoisotopic (exact) mass is 356 g/mol. The van der Waals surface area contributed by atoms with Crippen LogP contribution >= 0.6 is 12.4 Å². The third-order valence-corrected chi connectivity index (χ3v) is 3.78. The minimum atomic E-state index is -0.622. The van der Waals surface area contributed by atoms with Crippen molar-refractivity contribution in [2.45, 2.75) is 25.4 Å². The molecule has 8 nitrogen and oxygen atoms in total. The number of aliphatic hydroxyl groups excluding tert-OH is 1. The van der Waals surface area contributed by atoms with E-state index in [4.69, 9.17) is 4.74 Å². The minimum absolute atomic E-state index is 0. The molecule has 0 aliphatic carbocycles. The van der Waals surface area contributed by atoms with Gasteiger partial charge < -0.3 is 14.7 Å². The molecule has 0 spiro atoms. The fraction of sp³-hybridized carbons (Fsp3) is 0.533. The first-order valence-corrected chi connectivity index (χ1v) is 7.76. The first-order chi connectivity index (χ1) is 11.2. The molecule has 1 saturated heterocycles. The van der Waals surface area contributed by atoms with Crippen LogP contribution in [0.5, 0.6) is 5.75 Å². The maximum Gasteiger partial charge on any atom is 0.439 e. The number of nitrogens with one attached hydrogen (secondary N) is 1. The topological polar surface area (TPSA) is 104 Å². The van der Waals surface area contributed by atoms with E-state index in [0.29, 0.717) is 18.0 Å². The summed E-state index contributed by atoms with van der Waals surface area (Å²) in [7, 11) is 0. The molecule has 0 bridgehead atoms. The number of hydrogen-bond donors (Lipinski definition) is 2. The Balaban J connectivity index is 0.00000208. The van der Waals surface area contributed by atoms with Crippen LogP contribution in [0.25, 0.3) is 11.5 Å². The average molecular weight is 357 g/mol. The predicted molar refractivity (Wildman–Crippen MR) is 89.4 cm³/mol. The van der Waals surface area contributed by atoms with Crippen LogP contribution in [-0.4, -0.2) is 57.5 Å². The predicted octanol–water partition coefficient (Wildman–Crippen LogP) is 1.07. The maximum atomic E-state index is 10.9. The number of nitrogens with zero attached hydrogens (tertiary/aromatic N) is 3. The van der Waals surface area contributed by atoms with Crippen LogP contribution in [0.3, 0.4) is 0 Å². The zero-order valence-electron chi connectivity index (χ0n) is 13.2. The Morgan fingerprint density at radius 3 is 2.75 bits per heavy atom. The highest BCUT2D eigenvalue weighted by molar-refractivity contribution is 5.85. The third kappa shape index (κ3) is 5.05. The second-order valence-corrected chi connectivity index (χ2v) is 5.65. The molecule has 2 aromatic rings. The molecular formula is C15H21ClN4O4. The number of aromatic nitrogens is 3. The first-order valence-electron chi connectivity index (χ1n) is 7.76. The molecule has 0 aromatic carbocycles. The Kier molecular flexibility index (Phi) is 6.77. The third-order valence-electron chi connectivity index (χ3n) is 3.78. The Labute approximate surface area is 145 Å². The standard InChI is InChI=1S/C15H20N4O4.ClH/c20-11(9-19-6-2-1-3-7-19)10-22-12-4-5-13(16-8-12)14-17-15(21)23-18-14;/h4-5,8,11,20H,1-3,6-7,9-10H2,(H,17,18,21);1H. The number of β-amino-alcohol motifs (C(OH)–C–C–N with tert-alkyl or cyclic N) is 1. The van der Waals surface area contributed by atoms with Crippen molar-refractivity contribution < 1.29 is 14.4 Å². The van der Waals surface area contributed by atoms with Crippen LogP contribution in [0.2, 0.25) is 0 Å². The minimum Gasteiger partial charge on any atom is -0.489 e. The van der Waals surface area contributed by atoms with Crippen LogP contribution in [0.15, 0.2) is 27.6 Å². The molecule has 1 atom stereocenters. The van der Waals surface area contributed by atoms with E-state index in [1.807, 2.05) is 0 Å². The van der Waals surface area contributed by atoms with Gasteiger partial charge in [0.25, 0.3) is 0 Å². The smallest absolute Gasteiger partial charge is 0.439 e. The molecule has 0 saturated carbocycles. The molecule has 24 heavy (non-hydrogen) atoms. The molecule has 132 valence electrons. The largest absolute Gasteiger partial charge is 0.489 e. The fourth-order valence-electron chi connectivity index (χ4n) is 2.63. The second kappa shape index (κ2) is 8.81. The summed E-state index contributed by atoms with van der Waals surface area (Å²) in [6.07, 6.45) is 4.67. The van der Waals surface area contributed by atoms with Gasteiger partial charge in [-0.1, -0.05) is 11.6 Å². The molecule has 2 N–H and O–H groups in total. The number of ether oxygens (including phenoxy) is 1. The fourth-order valence-corrected chi connectivity index (χ4v) is 2.63. The van der Waals surface area contributed by atoms with E-state index in [0.717, 1.165) is 13.1 Å². The van der Waals surface area contributed by atoms with Crippen LogP contribution in [0, 0.1) is 0 Å². The molecule has 1 aliphatic heterocycles. The lowest BCUT2D eigenvalue weighted by Crippen LogP contribution is -2.38. The summed E-state index contributed by atoms with van der Waals surface area (Å²) in [4.78, 5) is 19.7. The van der Waals surface area contributed by atoms with Gasteiger partial charge in [-0.05, 0) is 38.1 Å². The van der Waals surface area contributed by atoms with Crippen LogP contribution in [0.1, 0.15) is 19.3 Å².